The van der Waals surface area contributed by atoms with E-state index < -0.39 is 0 Å². The van der Waals surface area contributed by atoms with E-state index in [-0.39, 0.29) is 6.03 Å². The molecule has 3 aromatic rings. The van der Waals surface area contributed by atoms with Gasteiger partial charge in [0.15, 0.2) is 5.82 Å². The molecule has 0 bridgehead atoms. The van der Waals surface area contributed by atoms with Crippen LogP contribution in [0.2, 0.25) is 0 Å². The number of aryl methyl sites for hydroxylation is 1. The zero-order valence-electron chi connectivity index (χ0n) is 16.5. The van der Waals surface area contributed by atoms with Gasteiger partial charge in [-0.15, -0.1) is 0 Å². The highest BCUT2D eigenvalue weighted by atomic mass is 16.5. The van der Waals surface area contributed by atoms with Crippen molar-refractivity contribution in [3.63, 3.8) is 0 Å². The SMILES string of the molecule is CCCNC(=O)NCCCn1c(CCOC)nc2c(N)nc3ccccc3c21. The normalized spacial score (nSPS) is 11.2. The lowest BCUT2D eigenvalue weighted by Gasteiger charge is -2.12. The topological polar surface area (TPSA) is 107 Å². The minimum atomic E-state index is -0.129. The number of rotatable bonds is 9. The molecule has 0 unspecified atom stereocenters. The maximum atomic E-state index is 11.7. The first-order valence-corrected chi connectivity index (χ1v) is 9.69. The Morgan fingerprint density at radius 2 is 2.00 bits per heavy atom. The Kier molecular flexibility index (Phi) is 6.65. The number of nitrogens with one attached hydrogen (secondary N) is 2. The minimum absolute atomic E-state index is 0.129. The number of amides is 2. The van der Waals surface area contributed by atoms with E-state index in [4.69, 9.17) is 15.5 Å². The summed E-state index contributed by atoms with van der Waals surface area (Å²) in [6, 6.07) is 7.81. The van der Waals surface area contributed by atoms with Crippen LogP contribution in [-0.2, 0) is 17.7 Å². The summed E-state index contributed by atoms with van der Waals surface area (Å²) < 4.78 is 7.42. The number of ether oxygens (including phenoxy) is 1. The van der Waals surface area contributed by atoms with E-state index in [1.54, 1.807) is 7.11 Å². The first-order chi connectivity index (χ1) is 13.7. The molecule has 8 heteroatoms. The maximum Gasteiger partial charge on any atom is 0.314 e. The lowest BCUT2D eigenvalue weighted by atomic mass is 10.2. The number of anilines is 1. The fourth-order valence-corrected chi connectivity index (χ4v) is 3.27. The minimum Gasteiger partial charge on any atom is -0.384 e. The highest BCUT2D eigenvalue weighted by Crippen LogP contribution is 2.29. The Morgan fingerprint density at radius 3 is 2.79 bits per heavy atom. The second-order valence-electron chi connectivity index (χ2n) is 6.67. The van der Waals surface area contributed by atoms with Gasteiger partial charge in [-0.1, -0.05) is 25.1 Å². The van der Waals surface area contributed by atoms with Crippen molar-refractivity contribution in [2.24, 2.45) is 0 Å². The molecule has 0 aliphatic heterocycles. The number of fused-ring (bicyclic) bond motifs is 3. The molecule has 2 heterocycles. The van der Waals surface area contributed by atoms with Crippen LogP contribution in [0.5, 0.6) is 0 Å². The summed E-state index contributed by atoms with van der Waals surface area (Å²) in [5, 5.41) is 6.73. The molecule has 150 valence electrons. The van der Waals surface area contributed by atoms with Crippen molar-refractivity contribution in [1.29, 1.82) is 0 Å². The molecule has 3 rings (SSSR count). The van der Waals surface area contributed by atoms with Crippen molar-refractivity contribution < 1.29 is 9.53 Å². The first-order valence-electron chi connectivity index (χ1n) is 9.69. The predicted octanol–water partition coefficient (Wildman–Crippen LogP) is 2.45. The van der Waals surface area contributed by atoms with Crippen LogP contribution in [0.25, 0.3) is 21.9 Å². The van der Waals surface area contributed by atoms with Gasteiger partial charge in [0.05, 0.1) is 17.6 Å². The summed E-state index contributed by atoms with van der Waals surface area (Å²) in [4.78, 5) is 21.0. The van der Waals surface area contributed by atoms with Crippen LogP contribution in [0.15, 0.2) is 24.3 Å². The van der Waals surface area contributed by atoms with Gasteiger partial charge in [-0.05, 0) is 18.9 Å². The van der Waals surface area contributed by atoms with Gasteiger partial charge in [0, 0.05) is 38.6 Å². The van der Waals surface area contributed by atoms with E-state index in [0.29, 0.717) is 31.9 Å². The van der Waals surface area contributed by atoms with Crippen LogP contribution in [0, 0.1) is 0 Å². The number of hydrogen-bond acceptors (Lipinski definition) is 5. The van der Waals surface area contributed by atoms with Crippen molar-refractivity contribution in [3.8, 4) is 0 Å². The third-order valence-electron chi connectivity index (χ3n) is 4.60. The highest BCUT2D eigenvalue weighted by Gasteiger charge is 2.17. The number of benzene rings is 1. The smallest absolute Gasteiger partial charge is 0.314 e. The van der Waals surface area contributed by atoms with E-state index in [1.165, 1.54) is 0 Å². The van der Waals surface area contributed by atoms with Crippen molar-refractivity contribution in [3.05, 3.63) is 30.1 Å². The molecule has 28 heavy (non-hydrogen) atoms. The lowest BCUT2D eigenvalue weighted by Crippen LogP contribution is -2.36. The van der Waals surface area contributed by atoms with E-state index in [9.17, 15) is 4.79 Å². The number of urea groups is 1. The van der Waals surface area contributed by atoms with Crippen LogP contribution < -0.4 is 16.4 Å². The Labute approximate surface area is 164 Å². The zero-order valence-corrected chi connectivity index (χ0v) is 16.5. The molecule has 0 aliphatic rings. The van der Waals surface area contributed by atoms with Gasteiger partial charge in [0.1, 0.15) is 11.3 Å². The van der Waals surface area contributed by atoms with Crippen LogP contribution in [-0.4, -0.2) is 47.4 Å². The van der Waals surface area contributed by atoms with E-state index in [1.807, 2.05) is 31.2 Å². The summed E-state index contributed by atoms with van der Waals surface area (Å²) in [5.41, 5.74) is 8.75. The molecule has 0 fully saturated rings. The van der Waals surface area contributed by atoms with E-state index in [2.05, 4.69) is 20.2 Å². The molecule has 0 radical (unpaired) electrons. The van der Waals surface area contributed by atoms with Crippen LogP contribution >= 0.6 is 0 Å². The molecule has 2 aromatic heterocycles. The molecule has 1 aromatic carbocycles. The average Bonchev–Trinajstić information content (AvgIpc) is 3.07. The number of hydrogen-bond donors (Lipinski definition) is 3. The highest BCUT2D eigenvalue weighted by molar-refractivity contribution is 6.06. The van der Waals surface area contributed by atoms with Crippen LogP contribution in [0.3, 0.4) is 0 Å². The summed E-state index contributed by atoms with van der Waals surface area (Å²) >= 11 is 0. The number of nitrogens with zero attached hydrogens (tertiary/aromatic N) is 3. The number of carbonyl (C=O) groups is 1. The number of aromatic nitrogens is 3. The molecule has 0 aliphatic carbocycles. The molecule has 8 nitrogen and oxygen atoms in total. The number of nitrogen functional groups attached to an aromatic ring is 1. The van der Waals surface area contributed by atoms with Gasteiger partial charge in [-0.25, -0.2) is 14.8 Å². The molecular weight excluding hydrogens is 356 g/mol. The van der Waals surface area contributed by atoms with Crippen molar-refractivity contribution in [1.82, 2.24) is 25.2 Å². The molecule has 0 spiro atoms. The number of carbonyl (C=O) groups excluding carboxylic acids is 1. The third kappa shape index (κ3) is 4.33. The monoisotopic (exact) mass is 384 g/mol. The second kappa shape index (κ2) is 9.36. The van der Waals surface area contributed by atoms with Gasteiger partial charge in [0.2, 0.25) is 0 Å². The second-order valence-corrected chi connectivity index (χ2v) is 6.67. The zero-order chi connectivity index (χ0) is 19.9. The largest absolute Gasteiger partial charge is 0.384 e. The predicted molar refractivity (Wildman–Crippen MR) is 111 cm³/mol. The van der Waals surface area contributed by atoms with Gasteiger partial charge >= 0.3 is 6.03 Å². The molecule has 0 atom stereocenters. The standard InChI is InChI=1S/C20H28N6O2/c1-3-10-22-20(27)23-11-6-12-26-16(9-13-28-2)25-17-18(26)14-7-4-5-8-15(14)24-19(17)21/h4-5,7-8H,3,6,9-13H2,1-2H3,(H2,21,24)(H2,22,23,27). The Bertz CT molecular complexity index is 953. The van der Waals surface area contributed by atoms with Gasteiger partial charge in [-0.3, -0.25) is 0 Å². The maximum absolute atomic E-state index is 11.7. The van der Waals surface area contributed by atoms with E-state index >= 15 is 0 Å². The first kappa shape index (κ1) is 19.9. The molecule has 0 saturated carbocycles. The molecule has 0 saturated heterocycles. The number of methoxy groups -OCH3 is 1. The van der Waals surface area contributed by atoms with Crippen LogP contribution in [0.1, 0.15) is 25.6 Å². The summed E-state index contributed by atoms with van der Waals surface area (Å²) in [5.74, 6) is 1.35. The van der Waals surface area contributed by atoms with E-state index in [0.717, 1.165) is 47.1 Å². The van der Waals surface area contributed by atoms with Gasteiger partial charge in [0.25, 0.3) is 0 Å². The fourth-order valence-electron chi connectivity index (χ4n) is 3.27. The Balaban J connectivity index is 1.87. The Morgan fingerprint density at radius 1 is 1.21 bits per heavy atom. The lowest BCUT2D eigenvalue weighted by molar-refractivity contribution is 0.199. The number of para-hydroxylation sites is 1. The third-order valence-corrected chi connectivity index (χ3v) is 4.60. The van der Waals surface area contributed by atoms with Gasteiger partial charge in [-0.2, -0.15) is 0 Å². The summed E-state index contributed by atoms with van der Waals surface area (Å²) in [7, 11) is 1.68. The summed E-state index contributed by atoms with van der Waals surface area (Å²) in [6.07, 6.45) is 2.38. The quantitative estimate of drug-likeness (QED) is 0.491. The fraction of sp³-hybridized carbons (Fsp3) is 0.450. The van der Waals surface area contributed by atoms with Crippen molar-refractivity contribution in [2.45, 2.75) is 32.7 Å². The van der Waals surface area contributed by atoms with Crippen molar-refractivity contribution >= 4 is 33.8 Å². The number of nitrogens with two attached hydrogens (primary N) is 1. The number of imidazole rings is 1. The van der Waals surface area contributed by atoms with Crippen molar-refractivity contribution in [2.75, 3.05) is 32.5 Å². The average molecular weight is 384 g/mol. The molecular formula is C20H28N6O2. The molecule has 2 amide bonds. The summed E-state index contributed by atoms with van der Waals surface area (Å²) in [6.45, 7) is 4.58. The van der Waals surface area contributed by atoms with Crippen LogP contribution in [0.4, 0.5) is 10.6 Å². The van der Waals surface area contributed by atoms with Gasteiger partial charge < -0.3 is 25.7 Å². The number of pyridine rings is 1. The molecule has 4 N–H and O–H groups in total. The Hall–Kier alpha value is -2.87.